The molecule has 0 saturated carbocycles. The lowest BCUT2D eigenvalue weighted by atomic mass is 10.2. The Morgan fingerprint density at radius 2 is 2.05 bits per heavy atom. The summed E-state index contributed by atoms with van der Waals surface area (Å²) in [5.41, 5.74) is 1.90. The number of benzene rings is 1. The summed E-state index contributed by atoms with van der Waals surface area (Å²) in [4.78, 5) is 19.6. The predicted octanol–water partition coefficient (Wildman–Crippen LogP) is 2.17. The smallest absolute Gasteiger partial charge is 0.239 e. The summed E-state index contributed by atoms with van der Waals surface area (Å²) < 4.78 is 0. The van der Waals surface area contributed by atoms with Crippen LogP contribution in [0.4, 0.5) is 5.82 Å². The average Bonchev–Trinajstić information content (AvgIpc) is 2.47. The van der Waals surface area contributed by atoms with Crippen LogP contribution < -0.4 is 10.6 Å². The van der Waals surface area contributed by atoms with Gasteiger partial charge < -0.3 is 10.6 Å². The van der Waals surface area contributed by atoms with E-state index in [2.05, 4.69) is 20.6 Å². The van der Waals surface area contributed by atoms with Crippen molar-refractivity contribution < 1.29 is 4.79 Å². The molecule has 0 aliphatic heterocycles. The lowest BCUT2D eigenvalue weighted by Crippen LogP contribution is -2.29. The standard InChI is InChI=1S/C14H15ClN4O/c1-10-7-18-14(15)19-13(10)17-9-12(20)16-8-11-5-3-2-4-6-11/h2-7H,8-9H2,1H3,(H,16,20)(H,17,18,19). The van der Waals surface area contributed by atoms with Crippen molar-refractivity contribution >= 4 is 23.3 Å². The second-order valence-corrected chi connectivity index (χ2v) is 4.62. The Morgan fingerprint density at radius 1 is 1.30 bits per heavy atom. The third-order valence-corrected chi connectivity index (χ3v) is 2.87. The zero-order valence-electron chi connectivity index (χ0n) is 11.1. The molecular weight excluding hydrogens is 276 g/mol. The minimum absolute atomic E-state index is 0.108. The fourth-order valence-electron chi connectivity index (χ4n) is 1.62. The van der Waals surface area contributed by atoms with Crippen LogP contribution >= 0.6 is 11.6 Å². The van der Waals surface area contributed by atoms with Crippen molar-refractivity contribution in [2.75, 3.05) is 11.9 Å². The van der Waals surface area contributed by atoms with Gasteiger partial charge in [0.15, 0.2) is 0 Å². The molecule has 0 saturated heterocycles. The Bertz CT molecular complexity index is 589. The van der Waals surface area contributed by atoms with Gasteiger partial charge in [0.05, 0.1) is 6.54 Å². The fourth-order valence-corrected chi connectivity index (χ4v) is 1.76. The number of hydrogen-bond acceptors (Lipinski definition) is 4. The van der Waals surface area contributed by atoms with Gasteiger partial charge in [-0.25, -0.2) is 9.97 Å². The maximum absolute atomic E-state index is 11.7. The van der Waals surface area contributed by atoms with E-state index in [1.54, 1.807) is 6.20 Å². The minimum Gasteiger partial charge on any atom is -0.361 e. The van der Waals surface area contributed by atoms with Gasteiger partial charge in [-0.3, -0.25) is 4.79 Å². The molecule has 0 spiro atoms. The highest BCUT2D eigenvalue weighted by Crippen LogP contribution is 2.11. The number of carbonyl (C=O) groups is 1. The largest absolute Gasteiger partial charge is 0.361 e. The molecule has 0 unspecified atom stereocenters. The number of nitrogens with one attached hydrogen (secondary N) is 2. The highest BCUT2D eigenvalue weighted by atomic mass is 35.5. The molecule has 1 aromatic heterocycles. The zero-order valence-corrected chi connectivity index (χ0v) is 11.8. The Kier molecular flexibility index (Phi) is 4.90. The maximum atomic E-state index is 11.7. The van der Waals surface area contributed by atoms with E-state index in [4.69, 9.17) is 11.6 Å². The lowest BCUT2D eigenvalue weighted by molar-refractivity contribution is -0.119. The van der Waals surface area contributed by atoms with E-state index in [1.165, 1.54) is 0 Å². The molecule has 0 atom stereocenters. The highest BCUT2D eigenvalue weighted by Gasteiger charge is 2.05. The summed E-state index contributed by atoms with van der Waals surface area (Å²) in [5.74, 6) is 0.461. The summed E-state index contributed by atoms with van der Waals surface area (Å²) in [6.07, 6.45) is 1.61. The first-order valence-corrected chi connectivity index (χ1v) is 6.56. The van der Waals surface area contributed by atoms with E-state index in [0.717, 1.165) is 11.1 Å². The second kappa shape index (κ2) is 6.86. The molecule has 0 radical (unpaired) electrons. The van der Waals surface area contributed by atoms with Crippen molar-refractivity contribution in [3.05, 3.63) is 52.9 Å². The number of nitrogens with zero attached hydrogens (tertiary/aromatic N) is 2. The second-order valence-electron chi connectivity index (χ2n) is 4.29. The van der Waals surface area contributed by atoms with Crippen LogP contribution in [0.15, 0.2) is 36.5 Å². The molecule has 2 N–H and O–H groups in total. The third-order valence-electron chi connectivity index (χ3n) is 2.69. The number of halogens is 1. The van der Waals surface area contributed by atoms with Crippen molar-refractivity contribution in [3.8, 4) is 0 Å². The van der Waals surface area contributed by atoms with Gasteiger partial charge in [0.25, 0.3) is 0 Å². The first-order valence-electron chi connectivity index (χ1n) is 6.19. The molecule has 20 heavy (non-hydrogen) atoms. The molecule has 0 fully saturated rings. The molecule has 0 aliphatic rings. The predicted molar refractivity (Wildman–Crippen MR) is 78.6 cm³/mol. The lowest BCUT2D eigenvalue weighted by Gasteiger charge is -2.09. The summed E-state index contributed by atoms with van der Waals surface area (Å²) in [7, 11) is 0. The number of anilines is 1. The van der Waals surface area contributed by atoms with Gasteiger partial charge in [0, 0.05) is 18.3 Å². The first kappa shape index (κ1) is 14.3. The molecule has 104 valence electrons. The molecule has 1 amide bonds. The quantitative estimate of drug-likeness (QED) is 0.828. The van der Waals surface area contributed by atoms with Crippen LogP contribution in [0.25, 0.3) is 0 Å². The Morgan fingerprint density at radius 3 is 2.80 bits per heavy atom. The molecule has 6 heteroatoms. The Hall–Kier alpha value is -2.14. The molecular formula is C14H15ClN4O. The van der Waals surface area contributed by atoms with E-state index in [-0.39, 0.29) is 17.7 Å². The molecule has 5 nitrogen and oxygen atoms in total. The third kappa shape index (κ3) is 4.20. The zero-order chi connectivity index (χ0) is 14.4. The van der Waals surface area contributed by atoms with Gasteiger partial charge in [-0.05, 0) is 24.1 Å². The number of hydrogen-bond donors (Lipinski definition) is 2. The van der Waals surface area contributed by atoms with Crippen LogP contribution in [-0.2, 0) is 11.3 Å². The molecule has 0 bridgehead atoms. The SMILES string of the molecule is Cc1cnc(Cl)nc1NCC(=O)NCc1ccccc1. The molecule has 2 aromatic rings. The van der Waals surface area contributed by atoms with Crippen molar-refractivity contribution in [1.82, 2.24) is 15.3 Å². The maximum Gasteiger partial charge on any atom is 0.239 e. The normalized spacial score (nSPS) is 10.1. The summed E-state index contributed by atoms with van der Waals surface area (Å²) in [5, 5.41) is 5.92. The van der Waals surface area contributed by atoms with Crippen LogP contribution in [0.1, 0.15) is 11.1 Å². The van der Waals surface area contributed by atoms with Gasteiger partial charge >= 0.3 is 0 Å². The molecule has 1 aromatic carbocycles. The van der Waals surface area contributed by atoms with Crippen molar-refractivity contribution in [2.24, 2.45) is 0 Å². The number of amides is 1. The van der Waals surface area contributed by atoms with Crippen LogP contribution in [0, 0.1) is 6.92 Å². The van der Waals surface area contributed by atoms with Crippen LogP contribution in [0.3, 0.4) is 0 Å². The summed E-state index contributed by atoms with van der Waals surface area (Å²) >= 11 is 5.71. The fraction of sp³-hybridized carbons (Fsp3) is 0.214. The highest BCUT2D eigenvalue weighted by molar-refractivity contribution is 6.28. The van der Waals surface area contributed by atoms with Crippen LogP contribution in [-0.4, -0.2) is 22.4 Å². The van der Waals surface area contributed by atoms with E-state index >= 15 is 0 Å². The van der Waals surface area contributed by atoms with Crippen molar-refractivity contribution in [3.63, 3.8) is 0 Å². The van der Waals surface area contributed by atoms with E-state index < -0.39 is 0 Å². The van der Waals surface area contributed by atoms with E-state index in [0.29, 0.717) is 12.4 Å². The topological polar surface area (TPSA) is 66.9 Å². The average molecular weight is 291 g/mol. The number of aryl methyl sites for hydroxylation is 1. The first-order chi connectivity index (χ1) is 9.65. The summed E-state index contributed by atoms with van der Waals surface area (Å²) in [6, 6.07) is 9.73. The van der Waals surface area contributed by atoms with Gasteiger partial charge in [-0.1, -0.05) is 30.3 Å². The monoisotopic (exact) mass is 290 g/mol. The van der Waals surface area contributed by atoms with Gasteiger partial charge in [0.2, 0.25) is 11.2 Å². The molecule has 2 rings (SSSR count). The van der Waals surface area contributed by atoms with Crippen LogP contribution in [0.5, 0.6) is 0 Å². The van der Waals surface area contributed by atoms with Gasteiger partial charge in [-0.15, -0.1) is 0 Å². The molecule has 1 heterocycles. The van der Waals surface area contributed by atoms with Crippen molar-refractivity contribution in [1.29, 1.82) is 0 Å². The summed E-state index contributed by atoms with van der Waals surface area (Å²) in [6.45, 7) is 2.49. The number of carbonyl (C=O) groups excluding carboxylic acids is 1. The Balaban J connectivity index is 1.82. The van der Waals surface area contributed by atoms with Gasteiger partial charge in [0.1, 0.15) is 5.82 Å². The van der Waals surface area contributed by atoms with E-state index in [9.17, 15) is 4.79 Å². The van der Waals surface area contributed by atoms with Crippen LogP contribution in [0.2, 0.25) is 5.28 Å². The number of rotatable bonds is 5. The number of aromatic nitrogens is 2. The van der Waals surface area contributed by atoms with E-state index in [1.807, 2.05) is 37.3 Å². The van der Waals surface area contributed by atoms with Crippen molar-refractivity contribution in [2.45, 2.75) is 13.5 Å². The minimum atomic E-state index is -0.108. The Labute approximate surface area is 122 Å². The van der Waals surface area contributed by atoms with Gasteiger partial charge in [-0.2, -0.15) is 0 Å². The molecule has 0 aliphatic carbocycles.